The van der Waals surface area contributed by atoms with Crippen molar-refractivity contribution >= 4 is 5.78 Å². The second-order valence-electron chi connectivity index (χ2n) is 4.36. The van der Waals surface area contributed by atoms with E-state index in [1.165, 1.54) is 0 Å². The Balaban J connectivity index is 3.52. The molecule has 0 aromatic rings. The number of hydrogen-bond donors (Lipinski definition) is 1. The maximum atomic E-state index is 10.6. The fourth-order valence-electron chi connectivity index (χ4n) is 1.34. The summed E-state index contributed by atoms with van der Waals surface area (Å²) in [5.41, 5.74) is -0.648. The monoisotopic (exact) mass is 187 g/mol. The predicted octanol–water partition coefficient (Wildman–Crippen LogP) is 1.06. The van der Waals surface area contributed by atoms with Crippen LogP contribution in [0, 0.1) is 0 Å². The molecule has 78 valence electrons. The molecule has 0 saturated heterocycles. The van der Waals surface area contributed by atoms with Crippen molar-refractivity contribution in [1.82, 2.24) is 4.90 Å². The molecule has 3 nitrogen and oxygen atoms in total. The number of carbonyl (C=O) groups is 1. The number of nitrogens with zero attached hydrogens (tertiary/aromatic N) is 1. The quantitative estimate of drug-likeness (QED) is 0.676. The first-order chi connectivity index (χ1) is 5.81. The summed E-state index contributed by atoms with van der Waals surface area (Å²) >= 11 is 0. The molecule has 0 radical (unpaired) electrons. The highest BCUT2D eigenvalue weighted by molar-refractivity contribution is 5.75. The fourth-order valence-corrected chi connectivity index (χ4v) is 1.34. The summed E-state index contributed by atoms with van der Waals surface area (Å²) in [5.74, 6) is 0.233. The highest BCUT2D eigenvalue weighted by Crippen LogP contribution is 2.04. The van der Waals surface area contributed by atoms with Gasteiger partial charge in [0.15, 0.2) is 0 Å². The molecule has 0 amide bonds. The van der Waals surface area contributed by atoms with Crippen LogP contribution in [0.15, 0.2) is 0 Å². The Morgan fingerprint density at radius 1 is 1.46 bits per heavy atom. The third-order valence-electron chi connectivity index (χ3n) is 1.73. The highest BCUT2D eigenvalue weighted by Gasteiger charge is 2.14. The molecule has 0 aliphatic carbocycles. The third-order valence-corrected chi connectivity index (χ3v) is 1.73. The van der Waals surface area contributed by atoms with Crippen LogP contribution >= 0.6 is 0 Å². The lowest BCUT2D eigenvalue weighted by Gasteiger charge is -2.25. The van der Waals surface area contributed by atoms with Crippen molar-refractivity contribution in [1.29, 1.82) is 0 Å². The summed E-state index contributed by atoms with van der Waals surface area (Å²) in [4.78, 5) is 12.7. The first-order valence-electron chi connectivity index (χ1n) is 4.71. The lowest BCUT2D eigenvalue weighted by molar-refractivity contribution is -0.117. The molecule has 3 heteroatoms. The van der Waals surface area contributed by atoms with Gasteiger partial charge in [-0.05, 0) is 40.8 Å². The first-order valence-corrected chi connectivity index (χ1v) is 4.71. The van der Waals surface area contributed by atoms with Crippen LogP contribution in [0.25, 0.3) is 0 Å². The zero-order valence-corrected chi connectivity index (χ0v) is 9.13. The lowest BCUT2D eigenvalue weighted by atomic mass is 10.1. The molecule has 0 aromatic carbocycles. The number of aliphatic hydroxyl groups is 1. The van der Waals surface area contributed by atoms with Crippen molar-refractivity contribution in [3.63, 3.8) is 0 Å². The zero-order valence-electron chi connectivity index (χ0n) is 9.13. The van der Waals surface area contributed by atoms with E-state index in [0.29, 0.717) is 13.0 Å². The van der Waals surface area contributed by atoms with Crippen molar-refractivity contribution in [3.8, 4) is 0 Å². The molecule has 0 bridgehead atoms. The molecule has 1 N–H and O–H groups in total. The van der Waals surface area contributed by atoms with E-state index in [1.54, 1.807) is 20.8 Å². The predicted molar refractivity (Wildman–Crippen MR) is 53.7 cm³/mol. The summed E-state index contributed by atoms with van der Waals surface area (Å²) in [6.07, 6.45) is 1.51. The Hall–Kier alpha value is -0.410. The molecule has 0 saturated carbocycles. The van der Waals surface area contributed by atoms with E-state index in [4.69, 9.17) is 0 Å². The van der Waals surface area contributed by atoms with Crippen LogP contribution in [0.3, 0.4) is 0 Å². The number of Topliss-reactive ketones (excluding diaryl/α,β-unsaturated/α-hetero) is 1. The minimum atomic E-state index is -0.648. The van der Waals surface area contributed by atoms with Crippen molar-refractivity contribution in [3.05, 3.63) is 0 Å². The standard InChI is InChI=1S/C10H21NO2/c1-9(12)6-5-7-11(4)8-10(2,3)13/h13H,5-8H2,1-4H3. The highest BCUT2D eigenvalue weighted by atomic mass is 16.3. The third kappa shape index (κ3) is 9.50. The maximum absolute atomic E-state index is 10.6. The van der Waals surface area contributed by atoms with Gasteiger partial charge in [-0.1, -0.05) is 0 Å². The molecule has 13 heavy (non-hydrogen) atoms. The molecule has 0 heterocycles. The molecule has 0 spiro atoms. The van der Waals surface area contributed by atoms with Crippen LogP contribution in [-0.4, -0.2) is 41.5 Å². The second kappa shape index (κ2) is 5.35. The van der Waals surface area contributed by atoms with Crippen LogP contribution in [0.2, 0.25) is 0 Å². The lowest BCUT2D eigenvalue weighted by Crippen LogP contribution is -2.36. The van der Waals surface area contributed by atoms with E-state index in [2.05, 4.69) is 0 Å². The van der Waals surface area contributed by atoms with E-state index in [1.807, 2.05) is 11.9 Å². The van der Waals surface area contributed by atoms with Crippen LogP contribution in [0.1, 0.15) is 33.6 Å². The summed E-state index contributed by atoms with van der Waals surface area (Å²) in [5, 5.41) is 9.49. The SMILES string of the molecule is CC(=O)CCCN(C)CC(C)(C)O. The van der Waals surface area contributed by atoms with Crippen LogP contribution in [0.5, 0.6) is 0 Å². The minimum absolute atomic E-state index is 0.233. The van der Waals surface area contributed by atoms with Gasteiger partial charge in [-0.3, -0.25) is 0 Å². The van der Waals surface area contributed by atoms with Gasteiger partial charge in [-0.15, -0.1) is 0 Å². The second-order valence-corrected chi connectivity index (χ2v) is 4.36. The molecule has 0 aliphatic heterocycles. The van der Waals surface area contributed by atoms with E-state index >= 15 is 0 Å². The molecule has 0 fully saturated rings. The smallest absolute Gasteiger partial charge is 0.129 e. The van der Waals surface area contributed by atoms with Gasteiger partial charge in [0.2, 0.25) is 0 Å². The van der Waals surface area contributed by atoms with E-state index in [-0.39, 0.29) is 5.78 Å². The molecule has 0 atom stereocenters. The average molecular weight is 187 g/mol. The topological polar surface area (TPSA) is 40.5 Å². The minimum Gasteiger partial charge on any atom is -0.389 e. The van der Waals surface area contributed by atoms with Crippen LogP contribution in [0.4, 0.5) is 0 Å². The van der Waals surface area contributed by atoms with E-state index in [0.717, 1.165) is 13.0 Å². The largest absolute Gasteiger partial charge is 0.389 e. The van der Waals surface area contributed by atoms with Crippen molar-refractivity contribution < 1.29 is 9.90 Å². The average Bonchev–Trinajstić information content (AvgIpc) is 1.81. The van der Waals surface area contributed by atoms with Gasteiger partial charge in [0, 0.05) is 13.0 Å². The van der Waals surface area contributed by atoms with Gasteiger partial charge < -0.3 is 14.8 Å². The molecule has 0 rings (SSSR count). The maximum Gasteiger partial charge on any atom is 0.129 e. The van der Waals surface area contributed by atoms with Gasteiger partial charge in [-0.2, -0.15) is 0 Å². The van der Waals surface area contributed by atoms with Crippen LogP contribution < -0.4 is 0 Å². The zero-order chi connectivity index (χ0) is 10.5. The first kappa shape index (κ1) is 12.6. The summed E-state index contributed by atoms with van der Waals surface area (Å²) in [6.45, 7) is 6.69. The molecule has 0 unspecified atom stereocenters. The van der Waals surface area contributed by atoms with Gasteiger partial charge in [0.25, 0.3) is 0 Å². The molecular weight excluding hydrogens is 166 g/mol. The number of rotatable bonds is 6. The van der Waals surface area contributed by atoms with Crippen LogP contribution in [-0.2, 0) is 4.79 Å². The van der Waals surface area contributed by atoms with Gasteiger partial charge in [0.1, 0.15) is 5.78 Å². The Morgan fingerprint density at radius 2 is 2.00 bits per heavy atom. The number of ketones is 1. The Bertz CT molecular complexity index is 161. The fraction of sp³-hybridized carbons (Fsp3) is 0.900. The summed E-state index contributed by atoms with van der Waals surface area (Å²) in [7, 11) is 1.96. The normalized spacial score (nSPS) is 12.2. The van der Waals surface area contributed by atoms with Gasteiger partial charge >= 0.3 is 0 Å². The van der Waals surface area contributed by atoms with Crippen molar-refractivity contribution in [2.75, 3.05) is 20.1 Å². The number of hydrogen-bond acceptors (Lipinski definition) is 3. The van der Waals surface area contributed by atoms with Crippen molar-refractivity contribution in [2.45, 2.75) is 39.2 Å². The Morgan fingerprint density at radius 3 is 2.38 bits per heavy atom. The molecular formula is C10H21NO2. The van der Waals surface area contributed by atoms with Gasteiger partial charge in [-0.25, -0.2) is 0 Å². The van der Waals surface area contributed by atoms with Gasteiger partial charge in [0.05, 0.1) is 5.60 Å². The van der Waals surface area contributed by atoms with E-state index in [9.17, 15) is 9.90 Å². The Labute approximate surface area is 80.7 Å². The molecule has 0 aliphatic rings. The Kier molecular flexibility index (Phi) is 5.18. The number of carbonyl (C=O) groups excluding carboxylic acids is 1. The van der Waals surface area contributed by atoms with E-state index < -0.39 is 5.60 Å². The number of likely N-dealkylation sites (N-methyl/N-ethyl adjacent to an activating group) is 1. The summed E-state index contributed by atoms with van der Waals surface area (Å²) in [6, 6.07) is 0. The molecule has 0 aromatic heterocycles. The van der Waals surface area contributed by atoms with Crippen molar-refractivity contribution in [2.24, 2.45) is 0 Å². The summed E-state index contributed by atoms with van der Waals surface area (Å²) < 4.78 is 0.